The van der Waals surface area contributed by atoms with E-state index in [4.69, 9.17) is 4.74 Å². The highest BCUT2D eigenvalue weighted by atomic mass is 32.2. The fourth-order valence-corrected chi connectivity index (χ4v) is 4.81. The fourth-order valence-electron chi connectivity index (χ4n) is 3.35. The van der Waals surface area contributed by atoms with Crippen molar-refractivity contribution in [1.82, 2.24) is 14.7 Å². The molecule has 152 valence electrons. The molecule has 0 bridgehead atoms. The van der Waals surface area contributed by atoms with Crippen molar-refractivity contribution < 1.29 is 21.9 Å². The van der Waals surface area contributed by atoms with E-state index in [1.807, 2.05) is 19.9 Å². The van der Waals surface area contributed by atoms with Gasteiger partial charge in [0.2, 0.25) is 10.0 Å². The number of hydrogen-bond acceptors (Lipinski definition) is 5. The molecular weight excluding hydrogens is 388 g/mol. The molecule has 1 aliphatic rings. The molecule has 6 nitrogen and oxygen atoms in total. The topological polar surface area (TPSA) is 81.2 Å². The van der Waals surface area contributed by atoms with Crippen LogP contribution in [0.25, 0.3) is 0 Å². The molecule has 0 unspecified atom stereocenters. The zero-order valence-corrected chi connectivity index (χ0v) is 16.6. The Bertz CT molecular complexity index is 925. The molecule has 2 aromatic rings. The van der Waals surface area contributed by atoms with E-state index in [2.05, 4.69) is 14.7 Å². The number of aromatic nitrogens is 2. The van der Waals surface area contributed by atoms with Gasteiger partial charge >= 0.3 is 6.01 Å². The van der Waals surface area contributed by atoms with Crippen molar-refractivity contribution in [1.29, 1.82) is 0 Å². The van der Waals surface area contributed by atoms with Crippen LogP contribution in [0.4, 0.5) is 8.78 Å². The largest absolute Gasteiger partial charge is 0.460 e. The molecule has 0 radical (unpaired) electrons. The van der Waals surface area contributed by atoms with Crippen molar-refractivity contribution in [2.45, 2.75) is 57.4 Å². The average Bonchev–Trinajstić information content (AvgIpc) is 2.58. The molecule has 0 aliphatic heterocycles. The first-order valence-corrected chi connectivity index (χ1v) is 10.8. The third-order valence-electron chi connectivity index (χ3n) is 4.61. The van der Waals surface area contributed by atoms with Gasteiger partial charge in [0.25, 0.3) is 0 Å². The highest BCUT2D eigenvalue weighted by molar-refractivity contribution is 7.88. The zero-order chi connectivity index (χ0) is 20.3. The maximum Gasteiger partial charge on any atom is 0.317 e. The molecule has 0 spiro atoms. The van der Waals surface area contributed by atoms with Crippen LogP contribution >= 0.6 is 0 Å². The van der Waals surface area contributed by atoms with Gasteiger partial charge in [0.05, 0.1) is 5.75 Å². The summed E-state index contributed by atoms with van der Waals surface area (Å²) in [6, 6.07) is 4.73. The molecule has 28 heavy (non-hydrogen) atoms. The summed E-state index contributed by atoms with van der Waals surface area (Å²) in [6.07, 6.45) is 2.39. The Morgan fingerprint density at radius 2 is 1.71 bits per heavy atom. The lowest BCUT2D eigenvalue weighted by atomic mass is 9.94. The number of nitrogens with one attached hydrogen (secondary N) is 1. The van der Waals surface area contributed by atoms with Crippen LogP contribution in [0.3, 0.4) is 0 Å². The quantitative estimate of drug-likeness (QED) is 0.790. The Labute approximate surface area is 163 Å². The minimum absolute atomic E-state index is 0.0809. The fraction of sp³-hybridized carbons (Fsp3) is 0.474. The second kappa shape index (κ2) is 8.48. The van der Waals surface area contributed by atoms with E-state index in [9.17, 15) is 17.2 Å². The van der Waals surface area contributed by atoms with Crippen LogP contribution in [-0.4, -0.2) is 30.5 Å². The molecule has 1 N–H and O–H groups in total. The third kappa shape index (κ3) is 5.68. The maximum absolute atomic E-state index is 13.7. The monoisotopic (exact) mass is 411 g/mol. The lowest BCUT2D eigenvalue weighted by Crippen LogP contribution is -2.40. The lowest BCUT2D eigenvalue weighted by molar-refractivity contribution is 0.131. The van der Waals surface area contributed by atoms with Crippen molar-refractivity contribution >= 4 is 10.0 Å². The van der Waals surface area contributed by atoms with E-state index in [0.29, 0.717) is 31.7 Å². The van der Waals surface area contributed by atoms with Crippen molar-refractivity contribution in [3.8, 4) is 6.01 Å². The second-order valence-electron chi connectivity index (χ2n) is 7.14. The number of rotatable bonds is 6. The summed E-state index contributed by atoms with van der Waals surface area (Å²) in [4.78, 5) is 8.52. The summed E-state index contributed by atoms with van der Waals surface area (Å²) in [5.74, 6) is -2.00. The number of halogens is 2. The van der Waals surface area contributed by atoms with E-state index >= 15 is 0 Å². The van der Waals surface area contributed by atoms with Gasteiger partial charge in [-0.1, -0.05) is 0 Å². The van der Waals surface area contributed by atoms with E-state index < -0.39 is 27.4 Å². The predicted octanol–water partition coefficient (Wildman–Crippen LogP) is 3.18. The van der Waals surface area contributed by atoms with E-state index in [-0.39, 0.29) is 17.7 Å². The van der Waals surface area contributed by atoms with Crippen molar-refractivity contribution in [3.05, 3.63) is 52.9 Å². The smallest absolute Gasteiger partial charge is 0.317 e. The van der Waals surface area contributed by atoms with Crippen LogP contribution in [0.5, 0.6) is 6.01 Å². The molecule has 1 heterocycles. The standard InChI is InChI=1S/C19H23F2N3O3S/c1-12-9-13(2)23-19(22-12)27-17-6-4-16(5-7-17)24-28(25,26)11-14-10-15(20)3-8-18(14)21/h3,8-10,16-17,24H,4-7,11H2,1-2H3. The first-order valence-electron chi connectivity index (χ1n) is 9.13. The van der Waals surface area contributed by atoms with E-state index in [1.54, 1.807) is 0 Å². The highest BCUT2D eigenvalue weighted by Gasteiger charge is 2.27. The Hall–Kier alpha value is -2.13. The summed E-state index contributed by atoms with van der Waals surface area (Å²) < 4.78 is 60.0. The molecule has 9 heteroatoms. The normalized spacial score (nSPS) is 20.1. The number of aryl methyl sites for hydroxylation is 2. The summed E-state index contributed by atoms with van der Waals surface area (Å²) in [5.41, 5.74) is 1.47. The summed E-state index contributed by atoms with van der Waals surface area (Å²) in [5, 5.41) is 0. The predicted molar refractivity (Wildman–Crippen MR) is 100 cm³/mol. The summed E-state index contributed by atoms with van der Waals surface area (Å²) in [7, 11) is -3.78. The van der Waals surface area contributed by atoms with Crippen molar-refractivity contribution in [2.24, 2.45) is 0 Å². The SMILES string of the molecule is Cc1cc(C)nc(OC2CCC(NS(=O)(=O)Cc3cc(F)ccc3F)CC2)n1. The summed E-state index contributed by atoms with van der Waals surface area (Å²) in [6.45, 7) is 3.74. The molecule has 1 aromatic heterocycles. The number of benzene rings is 1. The van der Waals surface area contributed by atoms with Gasteiger partial charge in [-0.25, -0.2) is 31.9 Å². The Kier molecular flexibility index (Phi) is 6.24. The molecular formula is C19H23F2N3O3S. The Balaban J connectivity index is 1.54. The summed E-state index contributed by atoms with van der Waals surface area (Å²) >= 11 is 0. The molecule has 0 saturated heterocycles. The van der Waals surface area contributed by atoms with Gasteiger partial charge in [-0.2, -0.15) is 0 Å². The minimum Gasteiger partial charge on any atom is -0.460 e. The van der Waals surface area contributed by atoms with Gasteiger partial charge < -0.3 is 4.74 Å². The van der Waals surface area contributed by atoms with Gasteiger partial charge in [-0.3, -0.25) is 0 Å². The Morgan fingerprint density at radius 3 is 2.36 bits per heavy atom. The number of nitrogens with zero attached hydrogens (tertiary/aromatic N) is 2. The molecule has 1 saturated carbocycles. The lowest BCUT2D eigenvalue weighted by Gasteiger charge is -2.28. The van der Waals surface area contributed by atoms with Gasteiger partial charge in [-0.15, -0.1) is 0 Å². The molecule has 3 rings (SSSR count). The molecule has 0 atom stereocenters. The average molecular weight is 411 g/mol. The first kappa shape index (κ1) is 20.6. The third-order valence-corrected chi connectivity index (χ3v) is 5.99. The van der Waals surface area contributed by atoms with Gasteiger partial charge in [0.1, 0.15) is 17.7 Å². The van der Waals surface area contributed by atoms with Crippen LogP contribution in [0, 0.1) is 25.5 Å². The Morgan fingerprint density at radius 1 is 1.07 bits per heavy atom. The first-order chi connectivity index (χ1) is 13.2. The molecule has 0 amide bonds. The van der Waals surface area contributed by atoms with Gasteiger partial charge in [-0.05, 0) is 63.8 Å². The highest BCUT2D eigenvalue weighted by Crippen LogP contribution is 2.23. The maximum atomic E-state index is 13.7. The van der Waals surface area contributed by atoms with Crippen LogP contribution in [-0.2, 0) is 15.8 Å². The van der Waals surface area contributed by atoms with Crippen LogP contribution in [0.15, 0.2) is 24.3 Å². The number of ether oxygens (including phenoxy) is 1. The van der Waals surface area contributed by atoms with E-state index in [1.165, 1.54) is 0 Å². The van der Waals surface area contributed by atoms with E-state index in [0.717, 1.165) is 29.6 Å². The van der Waals surface area contributed by atoms with Crippen LogP contribution in [0.2, 0.25) is 0 Å². The molecule has 1 aromatic carbocycles. The van der Waals surface area contributed by atoms with Crippen LogP contribution < -0.4 is 9.46 Å². The minimum atomic E-state index is -3.78. The van der Waals surface area contributed by atoms with Crippen LogP contribution in [0.1, 0.15) is 42.6 Å². The van der Waals surface area contributed by atoms with Crippen molar-refractivity contribution in [2.75, 3.05) is 0 Å². The second-order valence-corrected chi connectivity index (χ2v) is 8.89. The molecule has 1 aliphatic carbocycles. The van der Waals surface area contributed by atoms with Gasteiger partial charge in [0, 0.05) is 23.0 Å². The number of sulfonamides is 1. The zero-order valence-electron chi connectivity index (χ0n) is 15.8. The van der Waals surface area contributed by atoms with Gasteiger partial charge in [0.15, 0.2) is 0 Å². The van der Waals surface area contributed by atoms with Crippen molar-refractivity contribution in [3.63, 3.8) is 0 Å². The number of hydrogen-bond donors (Lipinski definition) is 1. The molecule has 1 fully saturated rings.